The quantitative estimate of drug-likeness (QED) is 0.754. The van der Waals surface area contributed by atoms with Gasteiger partial charge in [-0.05, 0) is 19.4 Å². The van der Waals surface area contributed by atoms with Crippen LogP contribution < -0.4 is 0 Å². The second kappa shape index (κ2) is 5.49. The first-order valence-corrected chi connectivity index (χ1v) is 8.58. The molecule has 9 heteroatoms. The largest absolute Gasteiger partial charge is 0.481 e. The number of carboxylic acid groups (broad SMARTS) is 2. The van der Waals surface area contributed by atoms with Crippen LogP contribution in [0.4, 0.5) is 0 Å². The van der Waals surface area contributed by atoms with E-state index in [1.165, 1.54) is 13.0 Å². The molecule has 1 aromatic heterocycles. The minimum absolute atomic E-state index is 0.0628. The van der Waals surface area contributed by atoms with Crippen molar-refractivity contribution in [3.8, 4) is 0 Å². The van der Waals surface area contributed by atoms with E-state index >= 15 is 0 Å². The Labute approximate surface area is 131 Å². The van der Waals surface area contributed by atoms with E-state index in [4.69, 9.17) is 5.11 Å². The van der Waals surface area contributed by atoms with Gasteiger partial charge in [0, 0.05) is 18.0 Å². The van der Waals surface area contributed by atoms with Crippen molar-refractivity contribution in [2.24, 2.45) is 5.41 Å². The van der Waals surface area contributed by atoms with Gasteiger partial charge in [0.15, 0.2) is 0 Å². The third-order valence-corrected chi connectivity index (χ3v) is 6.73. The molecular weight excluding hydrogens is 330 g/mol. The number of rotatable bonds is 6. The monoisotopic (exact) mass is 345 g/mol. The molecule has 0 radical (unpaired) electrons. The van der Waals surface area contributed by atoms with Gasteiger partial charge in [-0.25, -0.2) is 13.2 Å². The zero-order valence-electron chi connectivity index (χ0n) is 11.8. The zero-order chi connectivity index (χ0) is 16.7. The number of aromatic carboxylic acids is 1. The molecule has 0 unspecified atom stereocenters. The highest BCUT2D eigenvalue weighted by molar-refractivity contribution is 7.89. The summed E-state index contributed by atoms with van der Waals surface area (Å²) < 4.78 is 26.1. The Bertz CT molecular complexity index is 743. The molecule has 0 bridgehead atoms. The summed E-state index contributed by atoms with van der Waals surface area (Å²) in [6.45, 7) is 4.73. The van der Waals surface area contributed by atoms with Crippen LogP contribution in [0.1, 0.15) is 21.0 Å². The molecule has 22 heavy (non-hydrogen) atoms. The molecule has 1 fully saturated rings. The highest BCUT2D eigenvalue weighted by Gasteiger charge is 2.53. The Balaban J connectivity index is 2.29. The van der Waals surface area contributed by atoms with Crippen molar-refractivity contribution in [2.45, 2.75) is 18.2 Å². The Hall–Kier alpha value is -1.71. The lowest BCUT2D eigenvalue weighted by molar-refractivity contribution is -0.155. The average molecular weight is 345 g/mol. The van der Waals surface area contributed by atoms with Crippen LogP contribution in [-0.4, -0.2) is 48.0 Å². The second-order valence-electron chi connectivity index (χ2n) is 5.19. The Morgan fingerprint density at radius 1 is 1.45 bits per heavy atom. The first-order valence-electron chi connectivity index (χ1n) is 6.32. The topological polar surface area (TPSA) is 112 Å². The van der Waals surface area contributed by atoms with Crippen LogP contribution in [-0.2, 0) is 14.8 Å². The van der Waals surface area contributed by atoms with Crippen LogP contribution in [0.3, 0.4) is 0 Å². The normalized spacial score (nSPS) is 17.7. The molecule has 1 aliphatic heterocycles. The number of hydrogen-bond acceptors (Lipinski definition) is 5. The molecular formula is C13H15NO6S2. The third-order valence-electron chi connectivity index (χ3n) is 3.65. The number of sulfonamides is 1. The Kier molecular flexibility index (Phi) is 4.16. The lowest BCUT2D eigenvalue weighted by Crippen LogP contribution is -2.61. The van der Waals surface area contributed by atoms with E-state index in [1.54, 1.807) is 0 Å². The zero-order valence-corrected chi connectivity index (χ0v) is 13.4. The third kappa shape index (κ3) is 2.55. The number of hydrogen-bond donors (Lipinski definition) is 2. The number of aryl methyl sites for hydroxylation is 1. The van der Waals surface area contributed by atoms with E-state index in [0.717, 1.165) is 21.7 Å². The molecule has 0 atom stereocenters. The van der Waals surface area contributed by atoms with Crippen molar-refractivity contribution in [2.75, 3.05) is 13.1 Å². The lowest BCUT2D eigenvalue weighted by atomic mass is 9.79. The molecule has 1 aromatic rings. The molecule has 2 heterocycles. The van der Waals surface area contributed by atoms with Crippen molar-refractivity contribution in [1.82, 2.24) is 4.31 Å². The number of aliphatic carboxylic acids is 1. The molecule has 0 saturated carbocycles. The summed E-state index contributed by atoms with van der Waals surface area (Å²) in [6.07, 6.45) is 1.63. The molecule has 0 amide bonds. The van der Waals surface area contributed by atoms with Gasteiger partial charge in [-0.3, -0.25) is 4.79 Å². The first-order chi connectivity index (χ1) is 10.1. The first kappa shape index (κ1) is 16.7. The van der Waals surface area contributed by atoms with E-state index in [0.29, 0.717) is 4.88 Å². The van der Waals surface area contributed by atoms with Gasteiger partial charge in [0.1, 0.15) is 4.88 Å². The molecule has 0 aromatic carbocycles. The molecule has 1 saturated heterocycles. The summed E-state index contributed by atoms with van der Waals surface area (Å²) in [4.78, 5) is 22.5. The van der Waals surface area contributed by atoms with Gasteiger partial charge in [0.05, 0.1) is 10.3 Å². The highest BCUT2D eigenvalue weighted by Crippen LogP contribution is 2.40. The van der Waals surface area contributed by atoms with Crippen molar-refractivity contribution >= 4 is 33.3 Å². The number of allylic oxidation sites excluding steroid dienone is 1. The van der Waals surface area contributed by atoms with Crippen LogP contribution in [0.2, 0.25) is 0 Å². The molecule has 7 nitrogen and oxygen atoms in total. The minimum Gasteiger partial charge on any atom is -0.481 e. The Morgan fingerprint density at radius 2 is 2.05 bits per heavy atom. The maximum atomic E-state index is 12.5. The van der Waals surface area contributed by atoms with Gasteiger partial charge in [-0.15, -0.1) is 17.9 Å². The van der Waals surface area contributed by atoms with Gasteiger partial charge >= 0.3 is 11.9 Å². The predicted molar refractivity (Wildman–Crippen MR) is 79.7 cm³/mol. The summed E-state index contributed by atoms with van der Waals surface area (Å²) in [7, 11) is -3.89. The molecule has 2 rings (SSSR count). The average Bonchev–Trinajstić information content (AvgIpc) is 2.75. The smallest absolute Gasteiger partial charge is 0.345 e. The number of carbonyl (C=O) groups is 2. The van der Waals surface area contributed by atoms with Crippen molar-refractivity contribution in [3.63, 3.8) is 0 Å². The minimum atomic E-state index is -3.89. The van der Waals surface area contributed by atoms with Gasteiger partial charge in [0.25, 0.3) is 0 Å². The molecule has 0 spiro atoms. The van der Waals surface area contributed by atoms with Crippen molar-refractivity contribution in [3.05, 3.63) is 28.5 Å². The van der Waals surface area contributed by atoms with Crippen molar-refractivity contribution < 1.29 is 28.2 Å². The van der Waals surface area contributed by atoms with E-state index in [9.17, 15) is 23.1 Å². The van der Waals surface area contributed by atoms with E-state index < -0.39 is 27.4 Å². The highest BCUT2D eigenvalue weighted by atomic mass is 32.2. The second-order valence-corrected chi connectivity index (χ2v) is 8.35. The van der Waals surface area contributed by atoms with E-state index in [1.807, 2.05) is 0 Å². The van der Waals surface area contributed by atoms with Crippen LogP contribution >= 0.6 is 11.3 Å². The standard InChI is InChI=1S/C13H15NO6S2/c1-3-4-13(12(17)18)6-14(7-13)22(19,20)10-5-9(11(15)16)21-8(10)2/h3,5H,1,4,6-7H2,2H3,(H,15,16)(H,17,18). The summed E-state index contributed by atoms with van der Waals surface area (Å²) in [5.74, 6) is -2.25. The Morgan fingerprint density at radius 3 is 2.45 bits per heavy atom. The summed E-state index contributed by atoms with van der Waals surface area (Å²) in [6, 6.07) is 1.12. The summed E-state index contributed by atoms with van der Waals surface area (Å²) in [5.41, 5.74) is -1.14. The van der Waals surface area contributed by atoms with Gasteiger partial charge in [0.2, 0.25) is 10.0 Å². The maximum absolute atomic E-state index is 12.5. The van der Waals surface area contributed by atoms with Crippen LogP contribution in [0.15, 0.2) is 23.6 Å². The molecule has 1 aliphatic rings. The van der Waals surface area contributed by atoms with E-state index in [2.05, 4.69) is 6.58 Å². The maximum Gasteiger partial charge on any atom is 0.345 e. The van der Waals surface area contributed by atoms with Gasteiger partial charge in [-0.2, -0.15) is 4.31 Å². The molecule has 0 aliphatic carbocycles. The SMILES string of the molecule is C=CCC1(C(=O)O)CN(S(=O)(=O)c2cc(C(=O)O)sc2C)C1. The summed E-state index contributed by atoms with van der Waals surface area (Å²) in [5, 5.41) is 18.2. The van der Waals surface area contributed by atoms with E-state index in [-0.39, 0.29) is 29.3 Å². The number of thiophene rings is 1. The fourth-order valence-electron chi connectivity index (χ4n) is 2.39. The van der Waals surface area contributed by atoms with Crippen LogP contribution in [0.25, 0.3) is 0 Å². The van der Waals surface area contributed by atoms with Gasteiger partial charge < -0.3 is 10.2 Å². The number of carboxylic acids is 2. The number of nitrogens with zero attached hydrogens (tertiary/aromatic N) is 1. The molecule has 120 valence electrons. The van der Waals surface area contributed by atoms with Crippen molar-refractivity contribution in [1.29, 1.82) is 0 Å². The van der Waals surface area contributed by atoms with Crippen LogP contribution in [0, 0.1) is 12.3 Å². The predicted octanol–water partition coefficient (Wildman–Crippen LogP) is 1.41. The fraction of sp³-hybridized carbons (Fsp3) is 0.385. The summed E-state index contributed by atoms with van der Waals surface area (Å²) >= 11 is 0.880. The molecule has 2 N–H and O–H groups in total. The van der Waals surface area contributed by atoms with Gasteiger partial charge in [-0.1, -0.05) is 6.08 Å². The van der Waals surface area contributed by atoms with Crippen LogP contribution in [0.5, 0.6) is 0 Å². The fourth-order valence-corrected chi connectivity index (χ4v) is 5.40. The lowest BCUT2D eigenvalue weighted by Gasteiger charge is -2.45.